The van der Waals surface area contributed by atoms with E-state index in [1.54, 1.807) is 12.1 Å². The number of rotatable bonds is 11. The molecule has 0 aromatic heterocycles. The third kappa shape index (κ3) is 8.09. The molecule has 2 rings (SSSR count). The Morgan fingerprint density at radius 3 is 2.09 bits per heavy atom. The Kier molecular flexibility index (Phi) is 9.89. The van der Waals surface area contributed by atoms with E-state index in [2.05, 4.69) is 5.32 Å². The van der Waals surface area contributed by atoms with Gasteiger partial charge in [-0.25, -0.2) is 8.42 Å². The number of nitrogens with zero attached hydrogens (tertiary/aromatic N) is 2. The quantitative estimate of drug-likeness (QED) is 0.502. The zero-order valence-electron chi connectivity index (χ0n) is 22.0. The van der Waals surface area contributed by atoms with Crippen molar-refractivity contribution < 1.29 is 18.0 Å². The van der Waals surface area contributed by atoms with Gasteiger partial charge in [-0.3, -0.25) is 13.9 Å². The van der Waals surface area contributed by atoms with Gasteiger partial charge < -0.3 is 10.2 Å². The summed E-state index contributed by atoms with van der Waals surface area (Å²) in [4.78, 5) is 28.4. The minimum atomic E-state index is -3.75. The van der Waals surface area contributed by atoms with Gasteiger partial charge in [-0.2, -0.15) is 0 Å². The summed E-state index contributed by atoms with van der Waals surface area (Å²) in [7, 11) is -3.75. The van der Waals surface area contributed by atoms with Crippen LogP contribution in [0.25, 0.3) is 0 Å². The number of hydrogen-bond donors (Lipinski definition) is 1. The highest BCUT2D eigenvalue weighted by Gasteiger charge is 2.32. The van der Waals surface area contributed by atoms with Crippen LogP contribution in [0.2, 0.25) is 0 Å². The number of aryl methyl sites for hydroxylation is 3. The standard InChI is InChI=1S/C27H39N3O4S/c1-8-22(6)28-27(32)25(9-2)29(17-23-12-10-11-19(3)14-23)26(31)18-30(35(7,33)34)24-15-20(4)13-21(5)16-24/h10-16,22,25H,8-9,17-18H2,1-7H3,(H,28,32)/t22-,25+/m1/s1. The van der Waals surface area contributed by atoms with Gasteiger partial charge in [-0.1, -0.05) is 49.7 Å². The van der Waals surface area contributed by atoms with E-state index >= 15 is 0 Å². The second-order valence-corrected chi connectivity index (χ2v) is 11.3. The molecular formula is C27H39N3O4S. The second-order valence-electron chi connectivity index (χ2n) is 9.37. The molecule has 1 N–H and O–H groups in total. The van der Waals surface area contributed by atoms with Crippen LogP contribution >= 0.6 is 0 Å². The van der Waals surface area contributed by atoms with Gasteiger partial charge in [0.1, 0.15) is 12.6 Å². The van der Waals surface area contributed by atoms with E-state index in [1.807, 2.05) is 71.9 Å². The van der Waals surface area contributed by atoms with Gasteiger partial charge in [-0.05, 0) is 69.4 Å². The first kappa shape index (κ1) is 28.4. The molecule has 0 bridgehead atoms. The van der Waals surface area contributed by atoms with E-state index in [-0.39, 0.29) is 25.0 Å². The number of carbonyl (C=O) groups excluding carboxylic acids is 2. The van der Waals surface area contributed by atoms with Crippen molar-refractivity contribution in [3.63, 3.8) is 0 Å². The highest BCUT2D eigenvalue weighted by atomic mass is 32.2. The van der Waals surface area contributed by atoms with Crippen LogP contribution in [0.4, 0.5) is 5.69 Å². The lowest BCUT2D eigenvalue weighted by Gasteiger charge is -2.33. The minimum Gasteiger partial charge on any atom is -0.352 e. The summed E-state index contributed by atoms with van der Waals surface area (Å²) >= 11 is 0. The van der Waals surface area contributed by atoms with E-state index in [4.69, 9.17) is 0 Å². The Labute approximate surface area is 210 Å². The minimum absolute atomic E-state index is 0.0322. The first-order valence-corrected chi connectivity index (χ1v) is 13.9. The van der Waals surface area contributed by atoms with Gasteiger partial charge in [0.25, 0.3) is 0 Å². The van der Waals surface area contributed by atoms with Crippen LogP contribution in [-0.4, -0.2) is 50.0 Å². The third-order valence-corrected chi connectivity index (χ3v) is 7.14. The topological polar surface area (TPSA) is 86.8 Å². The molecule has 2 atom stereocenters. The lowest BCUT2D eigenvalue weighted by molar-refractivity contribution is -0.140. The zero-order valence-corrected chi connectivity index (χ0v) is 22.8. The van der Waals surface area contributed by atoms with E-state index in [9.17, 15) is 18.0 Å². The summed E-state index contributed by atoms with van der Waals surface area (Å²) < 4.78 is 26.6. The normalized spacial score (nSPS) is 13.1. The Morgan fingerprint density at radius 2 is 1.57 bits per heavy atom. The van der Waals surface area contributed by atoms with Crippen molar-refractivity contribution in [2.75, 3.05) is 17.1 Å². The lowest BCUT2D eigenvalue weighted by Crippen LogP contribution is -2.53. The Hall–Kier alpha value is -2.87. The molecule has 0 fully saturated rings. The van der Waals surface area contributed by atoms with Crippen LogP contribution < -0.4 is 9.62 Å². The number of anilines is 1. The van der Waals surface area contributed by atoms with Gasteiger partial charge >= 0.3 is 0 Å². The Balaban J connectivity index is 2.47. The van der Waals surface area contributed by atoms with Gasteiger partial charge in [0.05, 0.1) is 11.9 Å². The largest absolute Gasteiger partial charge is 0.352 e. The molecule has 0 radical (unpaired) electrons. The van der Waals surface area contributed by atoms with Crippen LogP contribution in [0, 0.1) is 20.8 Å². The number of benzene rings is 2. The predicted octanol–water partition coefficient (Wildman–Crippen LogP) is 4.10. The maximum Gasteiger partial charge on any atom is 0.244 e. The number of carbonyl (C=O) groups is 2. The Bertz CT molecular complexity index is 1130. The third-order valence-electron chi connectivity index (χ3n) is 6.00. The summed E-state index contributed by atoms with van der Waals surface area (Å²) in [5, 5.41) is 2.98. The van der Waals surface area contributed by atoms with Crippen molar-refractivity contribution in [3.05, 3.63) is 64.7 Å². The highest BCUT2D eigenvalue weighted by Crippen LogP contribution is 2.23. The van der Waals surface area contributed by atoms with Gasteiger partial charge in [0, 0.05) is 12.6 Å². The number of nitrogens with one attached hydrogen (secondary N) is 1. The van der Waals surface area contributed by atoms with Crippen molar-refractivity contribution in [2.45, 2.75) is 73.0 Å². The molecule has 0 aliphatic heterocycles. The second kappa shape index (κ2) is 12.2. The summed E-state index contributed by atoms with van der Waals surface area (Å²) in [6, 6.07) is 12.4. The van der Waals surface area contributed by atoms with Crippen LogP contribution in [0.1, 0.15) is 55.9 Å². The van der Waals surface area contributed by atoms with E-state index < -0.39 is 22.0 Å². The zero-order chi connectivity index (χ0) is 26.3. The van der Waals surface area contributed by atoms with Gasteiger partial charge in [-0.15, -0.1) is 0 Å². The summed E-state index contributed by atoms with van der Waals surface area (Å²) in [6.07, 6.45) is 2.26. The molecule has 0 aliphatic carbocycles. The van der Waals surface area contributed by atoms with Gasteiger partial charge in [0.15, 0.2) is 0 Å². The molecule has 2 aromatic rings. The molecule has 2 amide bonds. The van der Waals surface area contributed by atoms with Crippen molar-refractivity contribution in [3.8, 4) is 0 Å². The monoisotopic (exact) mass is 501 g/mol. The molecule has 0 aliphatic rings. The molecule has 8 heteroatoms. The first-order chi connectivity index (χ1) is 16.3. The van der Waals surface area contributed by atoms with Crippen LogP contribution in [-0.2, 0) is 26.2 Å². The first-order valence-electron chi connectivity index (χ1n) is 12.1. The fraction of sp³-hybridized carbons (Fsp3) is 0.481. The predicted molar refractivity (Wildman–Crippen MR) is 142 cm³/mol. The maximum atomic E-state index is 13.7. The van der Waals surface area contributed by atoms with Crippen molar-refractivity contribution in [2.24, 2.45) is 0 Å². The SMILES string of the molecule is CC[C@@H](C)NC(=O)[C@H](CC)N(Cc1cccc(C)c1)C(=O)CN(c1cc(C)cc(C)c1)S(C)(=O)=O. The molecule has 35 heavy (non-hydrogen) atoms. The molecule has 2 aromatic carbocycles. The molecule has 0 spiro atoms. The van der Waals surface area contributed by atoms with Crippen molar-refractivity contribution >= 4 is 27.5 Å². The fourth-order valence-electron chi connectivity index (χ4n) is 4.08. The smallest absolute Gasteiger partial charge is 0.244 e. The average molecular weight is 502 g/mol. The molecule has 0 unspecified atom stereocenters. The summed E-state index contributed by atoms with van der Waals surface area (Å²) in [5.74, 6) is -0.664. The van der Waals surface area contributed by atoms with E-state index in [1.165, 1.54) is 4.90 Å². The van der Waals surface area contributed by atoms with Crippen LogP contribution in [0.15, 0.2) is 42.5 Å². The number of sulfonamides is 1. The lowest BCUT2D eigenvalue weighted by atomic mass is 10.1. The van der Waals surface area contributed by atoms with E-state index in [0.717, 1.165) is 39.2 Å². The molecule has 0 heterocycles. The molecule has 7 nitrogen and oxygen atoms in total. The van der Waals surface area contributed by atoms with Crippen molar-refractivity contribution in [1.82, 2.24) is 10.2 Å². The highest BCUT2D eigenvalue weighted by molar-refractivity contribution is 7.92. The van der Waals surface area contributed by atoms with Crippen molar-refractivity contribution in [1.29, 1.82) is 0 Å². The van der Waals surface area contributed by atoms with Gasteiger partial charge in [0.2, 0.25) is 21.8 Å². The number of amides is 2. The number of hydrogen-bond acceptors (Lipinski definition) is 4. The average Bonchev–Trinajstić information content (AvgIpc) is 2.75. The molecule has 192 valence electrons. The molecular weight excluding hydrogens is 462 g/mol. The van der Waals surface area contributed by atoms with Crippen LogP contribution in [0.5, 0.6) is 0 Å². The summed E-state index contributed by atoms with van der Waals surface area (Å²) in [6.45, 7) is 11.3. The fourth-order valence-corrected chi connectivity index (χ4v) is 4.91. The molecule has 0 saturated carbocycles. The molecule has 0 saturated heterocycles. The van der Waals surface area contributed by atoms with Crippen LogP contribution in [0.3, 0.4) is 0 Å². The summed E-state index contributed by atoms with van der Waals surface area (Å²) in [5.41, 5.74) is 4.16. The Morgan fingerprint density at radius 1 is 0.943 bits per heavy atom. The maximum absolute atomic E-state index is 13.7. The van der Waals surface area contributed by atoms with E-state index in [0.29, 0.717) is 12.1 Å².